The molecule has 0 amide bonds. The van der Waals surface area contributed by atoms with Gasteiger partial charge in [0.15, 0.2) is 11.5 Å². The molecule has 0 bridgehead atoms. The number of rotatable bonds is 4. The summed E-state index contributed by atoms with van der Waals surface area (Å²) in [4.78, 5) is 0. The van der Waals surface area contributed by atoms with Gasteiger partial charge in [-0.1, -0.05) is 19.3 Å². The Labute approximate surface area is 114 Å². The van der Waals surface area contributed by atoms with Crippen LogP contribution in [0.3, 0.4) is 0 Å². The van der Waals surface area contributed by atoms with Crippen molar-refractivity contribution in [3.05, 3.63) is 17.7 Å². The summed E-state index contributed by atoms with van der Waals surface area (Å²) in [5.41, 5.74) is 6.67. The summed E-state index contributed by atoms with van der Waals surface area (Å²) in [7, 11) is 3.21. The van der Waals surface area contributed by atoms with E-state index >= 15 is 0 Å². The van der Waals surface area contributed by atoms with E-state index in [1.165, 1.54) is 6.42 Å². The van der Waals surface area contributed by atoms with Crippen molar-refractivity contribution in [1.82, 2.24) is 0 Å². The zero-order chi connectivity index (χ0) is 13.9. The third kappa shape index (κ3) is 2.37. The zero-order valence-electron chi connectivity index (χ0n) is 11.7. The number of phenols is 1. The van der Waals surface area contributed by atoms with E-state index in [-0.39, 0.29) is 11.2 Å². The van der Waals surface area contributed by atoms with E-state index in [1.54, 1.807) is 26.4 Å². The quantitative estimate of drug-likeness (QED) is 0.878. The number of aromatic hydroxyl groups is 1. The van der Waals surface area contributed by atoms with Crippen LogP contribution in [0, 0.1) is 0 Å². The van der Waals surface area contributed by atoms with Crippen LogP contribution < -0.4 is 15.2 Å². The van der Waals surface area contributed by atoms with Gasteiger partial charge in [-0.2, -0.15) is 0 Å². The van der Waals surface area contributed by atoms with Crippen LogP contribution in [0.25, 0.3) is 0 Å². The molecule has 0 atom stereocenters. The minimum atomic E-state index is -0.192. The number of ether oxygens (including phenoxy) is 2. The minimum Gasteiger partial charge on any atom is -0.508 e. The van der Waals surface area contributed by atoms with Crippen molar-refractivity contribution in [3.63, 3.8) is 0 Å². The lowest BCUT2D eigenvalue weighted by Crippen LogP contribution is -2.37. The molecule has 3 N–H and O–H groups in total. The van der Waals surface area contributed by atoms with Crippen LogP contribution >= 0.6 is 0 Å². The van der Waals surface area contributed by atoms with Gasteiger partial charge in [-0.3, -0.25) is 0 Å². The molecule has 4 heteroatoms. The van der Waals surface area contributed by atoms with Gasteiger partial charge in [0.25, 0.3) is 0 Å². The van der Waals surface area contributed by atoms with Crippen molar-refractivity contribution in [2.24, 2.45) is 5.73 Å². The van der Waals surface area contributed by atoms with Crippen molar-refractivity contribution in [2.45, 2.75) is 37.5 Å². The number of nitrogens with two attached hydrogens (primary N) is 1. The van der Waals surface area contributed by atoms with Crippen molar-refractivity contribution in [3.8, 4) is 17.2 Å². The number of phenolic OH excluding ortho intramolecular Hbond substituents is 1. The fraction of sp³-hybridized carbons (Fsp3) is 0.600. The molecule has 1 fully saturated rings. The number of methoxy groups -OCH3 is 2. The van der Waals surface area contributed by atoms with Crippen molar-refractivity contribution in [2.75, 3.05) is 20.8 Å². The molecule has 19 heavy (non-hydrogen) atoms. The minimum absolute atomic E-state index is 0.192. The van der Waals surface area contributed by atoms with Crippen LogP contribution in [0.1, 0.15) is 37.7 Å². The third-order valence-electron chi connectivity index (χ3n) is 4.26. The zero-order valence-corrected chi connectivity index (χ0v) is 11.7. The molecule has 106 valence electrons. The summed E-state index contributed by atoms with van der Waals surface area (Å²) in [5, 5.41) is 10.3. The van der Waals surface area contributed by atoms with Crippen LogP contribution in [0.4, 0.5) is 0 Å². The molecule has 0 aliphatic heterocycles. The Balaban J connectivity index is 2.58. The average molecular weight is 265 g/mol. The molecule has 0 aromatic heterocycles. The molecule has 1 saturated carbocycles. The number of hydrogen-bond donors (Lipinski definition) is 2. The Morgan fingerprint density at radius 2 is 1.84 bits per heavy atom. The SMILES string of the molecule is COc1ccc(O)c(C2(CN)CCCCC2)c1OC. The summed E-state index contributed by atoms with van der Waals surface area (Å²) in [6, 6.07) is 3.40. The van der Waals surface area contributed by atoms with Gasteiger partial charge in [-0.25, -0.2) is 0 Å². The molecule has 4 nitrogen and oxygen atoms in total. The fourth-order valence-electron chi connectivity index (χ4n) is 3.21. The normalized spacial score (nSPS) is 18.1. The standard InChI is InChI=1S/C15H23NO3/c1-18-12-7-6-11(17)13(14(12)19-2)15(10-16)8-4-3-5-9-15/h6-7,17H,3-5,8-10,16H2,1-2H3. The molecule has 1 aromatic rings. The van der Waals surface area contributed by atoms with Crippen molar-refractivity contribution < 1.29 is 14.6 Å². The lowest BCUT2D eigenvalue weighted by Gasteiger charge is -2.38. The topological polar surface area (TPSA) is 64.7 Å². The predicted octanol–water partition coefficient (Wildman–Crippen LogP) is 2.57. The van der Waals surface area contributed by atoms with Gasteiger partial charge >= 0.3 is 0 Å². The van der Waals surface area contributed by atoms with E-state index < -0.39 is 0 Å². The van der Waals surface area contributed by atoms with Crippen LogP contribution in [-0.2, 0) is 5.41 Å². The summed E-state index contributed by atoms with van der Waals surface area (Å²) < 4.78 is 10.8. The first kappa shape index (κ1) is 14.0. The first-order valence-corrected chi connectivity index (χ1v) is 6.83. The van der Waals surface area contributed by atoms with Gasteiger partial charge in [0, 0.05) is 17.5 Å². The van der Waals surface area contributed by atoms with Crippen LogP contribution in [-0.4, -0.2) is 25.9 Å². The maximum absolute atomic E-state index is 10.3. The summed E-state index contributed by atoms with van der Waals surface area (Å²) in [5.74, 6) is 1.52. The number of hydrogen-bond acceptors (Lipinski definition) is 4. The lowest BCUT2D eigenvalue weighted by atomic mass is 9.68. The van der Waals surface area contributed by atoms with E-state index in [0.717, 1.165) is 31.2 Å². The molecule has 0 heterocycles. The van der Waals surface area contributed by atoms with E-state index in [2.05, 4.69) is 0 Å². The monoisotopic (exact) mass is 265 g/mol. The highest BCUT2D eigenvalue weighted by Crippen LogP contribution is 2.49. The average Bonchev–Trinajstić information content (AvgIpc) is 2.47. The second kappa shape index (κ2) is 5.70. The highest BCUT2D eigenvalue weighted by molar-refractivity contribution is 5.57. The van der Waals surface area contributed by atoms with Crippen LogP contribution in [0.15, 0.2) is 12.1 Å². The maximum atomic E-state index is 10.3. The van der Waals surface area contributed by atoms with Crippen LogP contribution in [0.2, 0.25) is 0 Å². The van der Waals surface area contributed by atoms with Gasteiger partial charge in [0.2, 0.25) is 0 Å². The van der Waals surface area contributed by atoms with Crippen molar-refractivity contribution >= 4 is 0 Å². The molecule has 0 radical (unpaired) electrons. The molecule has 1 aromatic carbocycles. The Bertz CT molecular complexity index is 439. The Hall–Kier alpha value is -1.42. The molecule has 0 spiro atoms. The van der Waals surface area contributed by atoms with Gasteiger partial charge in [-0.15, -0.1) is 0 Å². The molecular weight excluding hydrogens is 242 g/mol. The summed E-state index contributed by atoms with van der Waals surface area (Å²) >= 11 is 0. The van der Waals surface area contributed by atoms with E-state index in [0.29, 0.717) is 18.0 Å². The molecule has 1 aliphatic carbocycles. The maximum Gasteiger partial charge on any atom is 0.168 e. The molecule has 0 saturated heterocycles. The van der Waals surface area contributed by atoms with E-state index in [4.69, 9.17) is 15.2 Å². The Morgan fingerprint density at radius 3 is 2.37 bits per heavy atom. The summed E-state index contributed by atoms with van der Waals surface area (Å²) in [6.07, 6.45) is 5.48. The smallest absolute Gasteiger partial charge is 0.168 e. The third-order valence-corrected chi connectivity index (χ3v) is 4.26. The van der Waals surface area contributed by atoms with Crippen LogP contribution in [0.5, 0.6) is 17.2 Å². The first-order chi connectivity index (χ1) is 9.18. The van der Waals surface area contributed by atoms with E-state index in [9.17, 15) is 5.11 Å². The second-order valence-corrected chi connectivity index (χ2v) is 5.24. The van der Waals surface area contributed by atoms with Crippen molar-refractivity contribution in [1.29, 1.82) is 0 Å². The highest BCUT2D eigenvalue weighted by Gasteiger charge is 2.38. The molecule has 0 unspecified atom stereocenters. The van der Waals surface area contributed by atoms with Gasteiger partial charge in [0.1, 0.15) is 5.75 Å². The van der Waals surface area contributed by atoms with E-state index in [1.807, 2.05) is 0 Å². The number of benzene rings is 1. The molecular formula is C15H23NO3. The molecule has 1 aliphatic rings. The second-order valence-electron chi connectivity index (χ2n) is 5.24. The van der Waals surface area contributed by atoms with Gasteiger partial charge in [-0.05, 0) is 25.0 Å². The fourth-order valence-corrected chi connectivity index (χ4v) is 3.21. The summed E-state index contributed by atoms with van der Waals surface area (Å²) in [6.45, 7) is 0.518. The Kier molecular flexibility index (Phi) is 4.20. The largest absolute Gasteiger partial charge is 0.508 e. The molecule has 2 rings (SSSR count). The highest BCUT2D eigenvalue weighted by atomic mass is 16.5. The lowest BCUT2D eigenvalue weighted by molar-refractivity contribution is 0.271. The predicted molar refractivity (Wildman–Crippen MR) is 75.0 cm³/mol. The van der Waals surface area contributed by atoms with Gasteiger partial charge < -0.3 is 20.3 Å². The Morgan fingerprint density at radius 1 is 1.16 bits per heavy atom. The van der Waals surface area contributed by atoms with Gasteiger partial charge in [0.05, 0.1) is 14.2 Å². The first-order valence-electron chi connectivity index (χ1n) is 6.83.